The number of phenols is 1. The Morgan fingerprint density at radius 2 is 1.51 bits per heavy atom. The van der Waals surface area contributed by atoms with E-state index in [0.29, 0.717) is 6.42 Å². The third-order valence-corrected chi connectivity index (χ3v) is 6.39. The Balaban J connectivity index is 1.90. The summed E-state index contributed by atoms with van der Waals surface area (Å²) in [6, 6.07) is 12.8. The smallest absolute Gasteiger partial charge is 0.328 e. The Kier molecular flexibility index (Phi) is 13.8. The number of nitrogens with one attached hydrogen (secondary N) is 3. The van der Waals surface area contributed by atoms with E-state index in [0.717, 1.165) is 11.1 Å². The number of carbonyl (C=O) groups excluding carboxylic acids is 4. The Bertz CT molecular complexity index is 1130. The van der Waals surface area contributed by atoms with Gasteiger partial charge in [0.15, 0.2) is 0 Å². The van der Waals surface area contributed by atoms with Crippen LogP contribution in [0.3, 0.4) is 0 Å². The molecule has 0 aliphatic carbocycles. The Labute approximate surface area is 240 Å². The lowest BCUT2D eigenvalue weighted by atomic mass is 10.0. The fraction of sp³-hybridized carbons (Fsp3) is 0.467. The minimum Gasteiger partial charge on any atom is -0.508 e. The third-order valence-electron chi connectivity index (χ3n) is 6.39. The van der Waals surface area contributed by atoms with Gasteiger partial charge in [0.25, 0.3) is 0 Å². The number of amides is 3. The zero-order valence-corrected chi connectivity index (χ0v) is 23.8. The second kappa shape index (κ2) is 17.0. The van der Waals surface area contributed by atoms with Crippen molar-refractivity contribution in [2.75, 3.05) is 13.7 Å². The van der Waals surface area contributed by atoms with E-state index in [-0.39, 0.29) is 43.9 Å². The quantitative estimate of drug-likeness (QED) is 0.161. The van der Waals surface area contributed by atoms with E-state index in [1.54, 1.807) is 12.1 Å². The molecule has 0 fully saturated rings. The maximum Gasteiger partial charge on any atom is 0.328 e. The van der Waals surface area contributed by atoms with Crippen molar-refractivity contribution in [3.05, 3.63) is 65.7 Å². The summed E-state index contributed by atoms with van der Waals surface area (Å²) in [5, 5.41) is 27.7. The number of aliphatic hydroxyl groups is 1. The van der Waals surface area contributed by atoms with E-state index in [2.05, 4.69) is 16.0 Å². The summed E-state index contributed by atoms with van der Waals surface area (Å²) in [6.45, 7) is 3.74. The molecule has 41 heavy (non-hydrogen) atoms. The molecule has 0 radical (unpaired) electrons. The molecule has 0 aliphatic heterocycles. The van der Waals surface area contributed by atoms with Crippen molar-refractivity contribution in [3.8, 4) is 5.75 Å². The van der Waals surface area contributed by atoms with E-state index >= 15 is 0 Å². The molecule has 0 spiro atoms. The molecule has 4 atom stereocenters. The molecule has 0 heterocycles. The highest BCUT2D eigenvalue weighted by Gasteiger charge is 2.28. The predicted octanol–water partition coefficient (Wildman–Crippen LogP) is 0.951. The van der Waals surface area contributed by atoms with Gasteiger partial charge in [-0.25, -0.2) is 4.79 Å². The monoisotopic (exact) mass is 570 g/mol. The van der Waals surface area contributed by atoms with Crippen molar-refractivity contribution < 1.29 is 34.1 Å². The van der Waals surface area contributed by atoms with E-state index < -0.39 is 47.9 Å². The zero-order chi connectivity index (χ0) is 30.4. The molecular weight excluding hydrogens is 528 g/mol. The minimum absolute atomic E-state index is 0.0388. The van der Waals surface area contributed by atoms with Crippen molar-refractivity contribution in [3.63, 3.8) is 0 Å². The first-order valence-corrected chi connectivity index (χ1v) is 13.7. The summed E-state index contributed by atoms with van der Waals surface area (Å²) < 4.78 is 4.83. The van der Waals surface area contributed by atoms with E-state index in [1.807, 2.05) is 44.2 Å². The zero-order valence-electron chi connectivity index (χ0n) is 23.8. The summed E-state index contributed by atoms with van der Waals surface area (Å²) in [7, 11) is 1.25. The molecule has 0 saturated heterocycles. The van der Waals surface area contributed by atoms with Gasteiger partial charge in [-0.1, -0.05) is 56.3 Å². The van der Waals surface area contributed by atoms with Gasteiger partial charge in [0, 0.05) is 19.4 Å². The number of aliphatic hydroxyl groups excluding tert-OH is 1. The van der Waals surface area contributed by atoms with Crippen molar-refractivity contribution in [1.29, 1.82) is 0 Å². The normalized spacial score (nSPS) is 13.9. The fourth-order valence-corrected chi connectivity index (χ4v) is 4.15. The highest BCUT2D eigenvalue weighted by Crippen LogP contribution is 2.11. The van der Waals surface area contributed by atoms with Crippen LogP contribution < -0.4 is 21.7 Å². The molecule has 2 aromatic rings. The van der Waals surface area contributed by atoms with Gasteiger partial charge in [-0.3, -0.25) is 14.4 Å². The van der Waals surface area contributed by atoms with Gasteiger partial charge < -0.3 is 36.6 Å². The molecule has 11 heteroatoms. The van der Waals surface area contributed by atoms with Gasteiger partial charge >= 0.3 is 5.97 Å². The second-order valence-corrected chi connectivity index (χ2v) is 10.4. The number of esters is 1. The first-order chi connectivity index (χ1) is 19.5. The molecule has 0 unspecified atom stereocenters. The maximum atomic E-state index is 13.2. The highest BCUT2D eigenvalue weighted by atomic mass is 16.5. The summed E-state index contributed by atoms with van der Waals surface area (Å²) in [4.78, 5) is 50.5. The third kappa shape index (κ3) is 12.4. The molecule has 7 N–H and O–H groups in total. The van der Waals surface area contributed by atoms with Crippen LogP contribution in [0, 0.1) is 5.92 Å². The molecule has 0 aromatic heterocycles. The van der Waals surface area contributed by atoms with Crippen molar-refractivity contribution >= 4 is 23.7 Å². The lowest BCUT2D eigenvalue weighted by Gasteiger charge is -2.23. The van der Waals surface area contributed by atoms with Gasteiger partial charge in [-0.15, -0.1) is 0 Å². The van der Waals surface area contributed by atoms with Crippen LogP contribution in [-0.4, -0.2) is 71.8 Å². The van der Waals surface area contributed by atoms with Gasteiger partial charge in [0.1, 0.15) is 17.8 Å². The number of hydrogen-bond donors (Lipinski definition) is 6. The molecule has 3 amide bonds. The van der Waals surface area contributed by atoms with Crippen LogP contribution in [0.15, 0.2) is 54.6 Å². The van der Waals surface area contributed by atoms with Gasteiger partial charge in [-0.05, 0) is 48.4 Å². The van der Waals surface area contributed by atoms with E-state index in [4.69, 9.17) is 10.5 Å². The van der Waals surface area contributed by atoms with E-state index in [9.17, 15) is 29.4 Å². The number of rotatable bonds is 16. The Hall–Kier alpha value is -3.96. The lowest BCUT2D eigenvalue weighted by Crippen LogP contribution is -2.53. The largest absolute Gasteiger partial charge is 0.508 e. The maximum absolute atomic E-state index is 13.2. The molecule has 2 rings (SSSR count). The molecule has 0 bridgehead atoms. The number of aromatic hydroxyl groups is 1. The Morgan fingerprint density at radius 3 is 2.12 bits per heavy atom. The van der Waals surface area contributed by atoms with Crippen LogP contribution in [0.25, 0.3) is 0 Å². The van der Waals surface area contributed by atoms with Crippen LogP contribution in [0.4, 0.5) is 0 Å². The van der Waals surface area contributed by atoms with Gasteiger partial charge in [0.05, 0.1) is 19.3 Å². The Morgan fingerprint density at radius 1 is 0.878 bits per heavy atom. The molecule has 2 aromatic carbocycles. The summed E-state index contributed by atoms with van der Waals surface area (Å²) in [5.74, 6) is -1.77. The number of hydrogen-bond acceptors (Lipinski definition) is 8. The van der Waals surface area contributed by atoms with E-state index in [1.165, 1.54) is 19.2 Å². The van der Waals surface area contributed by atoms with Crippen LogP contribution >= 0.6 is 0 Å². The molecule has 224 valence electrons. The summed E-state index contributed by atoms with van der Waals surface area (Å²) in [6.07, 6.45) is -0.240. The standard InChI is InChI=1S/C30H42N4O7/c1-19(2)15-26(30(40)41-3)34-29(39)25(17-20-7-5-4-6-8-20)33-27(37)14-13-23(36)18-32-28(38)24(31)16-21-9-11-22(35)12-10-21/h4-12,19,23-26,35-36H,13-18,31H2,1-3H3,(H,32,38)(H,33,37)(H,34,39)/t23-,24+,25+,26+/m1/s1. The van der Waals surface area contributed by atoms with Crippen molar-refractivity contribution in [2.24, 2.45) is 11.7 Å². The molecular formula is C30H42N4O7. The summed E-state index contributed by atoms with van der Waals surface area (Å²) >= 11 is 0. The first-order valence-electron chi connectivity index (χ1n) is 13.7. The van der Waals surface area contributed by atoms with Crippen LogP contribution in [-0.2, 0) is 36.8 Å². The number of phenolic OH excluding ortho intramolecular Hbond substituents is 1. The van der Waals surface area contributed by atoms with Gasteiger partial charge in [0.2, 0.25) is 17.7 Å². The second-order valence-electron chi connectivity index (χ2n) is 10.4. The fourth-order valence-electron chi connectivity index (χ4n) is 4.15. The number of carbonyl (C=O) groups is 4. The molecule has 0 saturated carbocycles. The predicted molar refractivity (Wildman–Crippen MR) is 154 cm³/mol. The first kappa shape index (κ1) is 33.2. The van der Waals surface area contributed by atoms with Gasteiger partial charge in [-0.2, -0.15) is 0 Å². The molecule has 0 aliphatic rings. The lowest BCUT2D eigenvalue weighted by molar-refractivity contribution is -0.145. The average molecular weight is 571 g/mol. The SMILES string of the molecule is COC(=O)[C@H](CC(C)C)NC(=O)[C@H](Cc1ccccc1)NC(=O)CC[C@@H](O)CNC(=O)[C@@H](N)Cc1ccc(O)cc1. The van der Waals surface area contributed by atoms with Crippen LogP contribution in [0.1, 0.15) is 44.2 Å². The molecule has 11 nitrogen and oxygen atoms in total. The number of methoxy groups -OCH3 is 1. The average Bonchev–Trinajstić information content (AvgIpc) is 2.95. The van der Waals surface area contributed by atoms with Crippen molar-refractivity contribution in [2.45, 2.75) is 70.2 Å². The topological polar surface area (TPSA) is 180 Å². The number of benzene rings is 2. The number of ether oxygens (including phenoxy) is 1. The minimum atomic E-state index is -1.01. The van der Waals surface area contributed by atoms with Crippen LogP contribution in [0.5, 0.6) is 5.75 Å². The number of nitrogens with two attached hydrogens (primary N) is 1. The van der Waals surface area contributed by atoms with Crippen LogP contribution in [0.2, 0.25) is 0 Å². The summed E-state index contributed by atoms with van der Waals surface area (Å²) in [5.41, 5.74) is 7.54. The highest BCUT2D eigenvalue weighted by molar-refractivity contribution is 5.91. The van der Waals surface area contributed by atoms with Crippen molar-refractivity contribution in [1.82, 2.24) is 16.0 Å².